The summed E-state index contributed by atoms with van der Waals surface area (Å²) >= 11 is 0. The molecule has 0 aliphatic rings. The molecule has 0 heterocycles. The summed E-state index contributed by atoms with van der Waals surface area (Å²) in [5.74, 6) is 1.18. The highest BCUT2D eigenvalue weighted by Crippen LogP contribution is 2.28. The molecule has 0 unspecified atom stereocenters. The molecule has 0 aliphatic carbocycles. The molecule has 0 aliphatic heterocycles. The number of ether oxygens (including phenoxy) is 1. The predicted octanol–water partition coefficient (Wildman–Crippen LogP) is 4.75. The number of rotatable bonds is 6. The van der Waals surface area contributed by atoms with Gasteiger partial charge in [-0.2, -0.15) is 0 Å². The topological polar surface area (TPSA) is 70.7 Å². The zero-order valence-corrected chi connectivity index (χ0v) is 16.4. The van der Waals surface area contributed by atoms with Gasteiger partial charge in [0.1, 0.15) is 11.5 Å². The van der Waals surface area contributed by atoms with Gasteiger partial charge in [0, 0.05) is 31.0 Å². The maximum atomic E-state index is 12.3. The summed E-state index contributed by atoms with van der Waals surface area (Å²) < 4.78 is 5.95. The highest BCUT2D eigenvalue weighted by atomic mass is 16.5. The van der Waals surface area contributed by atoms with Crippen LogP contribution in [0.1, 0.15) is 5.56 Å². The summed E-state index contributed by atoms with van der Waals surface area (Å²) in [4.78, 5) is 26.1. The Balaban J connectivity index is 1.79. The summed E-state index contributed by atoms with van der Waals surface area (Å²) in [7, 11) is 3.41. The number of carbonyl (C=O) groups excluding carboxylic acids is 2. The van der Waals surface area contributed by atoms with E-state index in [1.165, 1.54) is 4.90 Å². The van der Waals surface area contributed by atoms with Crippen molar-refractivity contribution < 1.29 is 14.3 Å². The Morgan fingerprint density at radius 3 is 2.10 bits per heavy atom. The minimum absolute atomic E-state index is 0.0613. The third kappa shape index (κ3) is 5.84. The van der Waals surface area contributed by atoms with Crippen molar-refractivity contribution >= 4 is 23.3 Å². The van der Waals surface area contributed by atoms with Crippen LogP contribution < -0.4 is 15.4 Å². The van der Waals surface area contributed by atoms with Gasteiger partial charge in [0.15, 0.2) is 0 Å². The fourth-order valence-electron chi connectivity index (χ4n) is 2.65. The molecule has 0 spiro atoms. The standard InChI is InChI=1S/C23H23N3O3/c1-26(2)22(27)16-17-15-19(25-23(28)24-18-9-5-3-6-10-18)13-14-21(17)29-20-11-7-4-8-12-20/h3-15H,16H2,1-2H3,(H2,24,25,28). The minimum Gasteiger partial charge on any atom is -0.457 e. The Morgan fingerprint density at radius 2 is 1.45 bits per heavy atom. The number of amides is 3. The van der Waals surface area contributed by atoms with Gasteiger partial charge in [-0.15, -0.1) is 0 Å². The normalized spacial score (nSPS) is 10.1. The fourth-order valence-corrected chi connectivity index (χ4v) is 2.65. The number of nitrogens with one attached hydrogen (secondary N) is 2. The number of hydrogen-bond donors (Lipinski definition) is 2. The molecular weight excluding hydrogens is 366 g/mol. The second kappa shape index (κ2) is 9.41. The second-order valence-electron chi connectivity index (χ2n) is 6.65. The molecule has 29 heavy (non-hydrogen) atoms. The molecule has 6 nitrogen and oxygen atoms in total. The minimum atomic E-state index is -0.363. The lowest BCUT2D eigenvalue weighted by atomic mass is 10.1. The molecule has 6 heteroatoms. The Kier molecular flexibility index (Phi) is 6.47. The molecule has 3 amide bonds. The van der Waals surface area contributed by atoms with E-state index in [4.69, 9.17) is 4.74 Å². The van der Waals surface area contributed by atoms with Crippen molar-refractivity contribution in [2.24, 2.45) is 0 Å². The molecule has 0 radical (unpaired) electrons. The zero-order valence-electron chi connectivity index (χ0n) is 16.4. The maximum Gasteiger partial charge on any atom is 0.323 e. The lowest BCUT2D eigenvalue weighted by Gasteiger charge is -2.16. The zero-order chi connectivity index (χ0) is 20.6. The molecule has 3 aromatic rings. The van der Waals surface area contributed by atoms with Crippen LogP contribution in [0.15, 0.2) is 78.9 Å². The number of likely N-dealkylation sites (N-methyl/N-ethyl adjacent to an activating group) is 1. The fraction of sp³-hybridized carbons (Fsp3) is 0.130. The number of anilines is 2. The molecule has 0 fully saturated rings. The molecule has 0 atom stereocenters. The monoisotopic (exact) mass is 389 g/mol. The van der Waals surface area contributed by atoms with Crippen molar-refractivity contribution in [2.45, 2.75) is 6.42 Å². The summed E-state index contributed by atoms with van der Waals surface area (Å²) in [6.07, 6.45) is 0.158. The van der Waals surface area contributed by atoms with E-state index in [1.54, 1.807) is 44.4 Å². The van der Waals surface area contributed by atoms with E-state index >= 15 is 0 Å². The van der Waals surface area contributed by atoms with Crippen LogP contribution >= 0.6 is 0 Å². The van der Waals surface area contributed by atoms with E-state index in [1.807, 2.05) is 48.5 Å². The lowest BCUT2D eigenvalue weighted by Crippen LogP contribution is -2.24. The molecule has 0 saturated heterocycles. The smallest absolute Gasteiger partial charge is 0.323 e. The Morgan fingerprint density at radius 1 is 0.828 bits per heavy atom. The van der Waals surface area contributed by atoms with Gasteiger partial charge in [-0.25, -0.2) is 4.79 Å². The van der Waals surface area contributed by atoms with Crippen LogP contribution in [0.2, 0.25) is 0 Å². The van der Waals surface area contributed by atoms with Gasteiger partial charge in [0.2, 0.25) is 5.91 Å². The average molecular weight is 389 g/mol. The second-order valence-corrected chi connectivity index (χ2v) is 6.65. The number of urea groups is 1. The van der Waals surface area contributed by atoms with Crippen LogP contribution in [0.5, 0.6) is 11.5 Å². The number of para-hydroxylation sites is 2. The Hall–Kier alpha value is -3.80. The number of benzene rings is 3. The summed E-state index contributed by atoms with van der Waals surface area (Å²) in [5.41, 5.74) is 1.95. The molecule has 148 valence electrons. The molecule has 2 N–H and O–H groups in total. The largest absolute Gasteiger partial charge is 0.457 e. The molecular formula is C23H23N3O3. The third-order valence-electron chi connectivity index (χ3n) is 4.16. The van der Waals surface area contributed by atoms with Crippen LogP contribution in [0.25, 0.3) is 0 Å². The number of hydrogen-bond acceptors (Lipinski definition) is 3. The highest BCUT2D eigenvalue weighted by molar-refractivity contribution is 5.99. The van der Waals surface area contributed by atoms with E-state index in [0.717, 1.165) is 0 Å². The van der Waals surface area contributed by atoms with Crippen LogP contribution in [0, 0.1) is 0 Å². The maximum absolute atomic E-state index is 12.3. The molecule has 3 aromatic carbocycles. The van der Waals surface area contributed by atoms with Crippen LogP contribution in [-0.2, 0) is 11.2 Å². The van der Waals surface area contributed by atoms with Gasteiger partial charge in [-0.05, 0) is 42.5 Å². The summed E-state index contributed by atoms with van der Waals surface area (Å²) in [6.45, 7) is 0. The van der Waals surface area contributed by atoms with Crippen LogP contribution in [-0.4, -0.2) is 30.9 Å². The molecule has 3 rings (SSSR count). The Bertz CT molecular complexity index is 973. The van der Waals surface area contributed by atoms with Crippen molar-refractivity contribution in [2.75, 3.05) is 24.7 Å². The van der Waals surface area contributed by atoms with Gasteiger partial charge in [0.25, 0.3) is 0 Å². The van der Waals surface area contributed by atoms with E-state index in [-0.39, 0.29) is 18.4 Å². The van der Waals surface area contributed by atoms with Gasteiger partial charge in [0.05, 0.1) is 6.42 Å². The lowest BCUT2D eigenvalue weighted by molar-refractivity contribution is -0.127. The van der Waals surface area contributed by atoms with Crippen molar-refractivity contribution in [1.29, 1.82) is 0 Å². The predicted molar refractivity (Wildman–Crippen MR) is 114 cm³/mol. The van der Waals surface area contributed by atoms with Crippen LogP contribution in [0.3, 0.4) is 0 Å². The molecule has 0 saturated carbocycles. The third-order valence-corrected chi connectivity index (χ3v) is 4.16. The number of nitrogens with zero attached hydrogens (tertiary/aromatic N) is 1. The first kappa shape index (κ1) is 19.9. The average Bonchev–Trinajstić information content (AvgIpc) is 2.71. The van der Waals surface area contributed by atoms with E-state index in [2.05, 4.69) is 10.6 Å². The first-order valence-corrected chi connectivity index (χ1v) is 9.20. The van der Waals surface area contributed by atoms with Crippen LogP contribution in [0.4, 0.5) is 16.2 Å². The highest BCUT2D eigenvalue weighted by Gasteiger charge is 2.14. The first-order valence-electron chi connectivity index (χ1n) is 9.20. The number of carbonyl (C=O) groups is 2. The first-order chi connectivity index (χ1) is 14.0. The van der Waals surface area contributed by atoms with Gasteiger partial charge in [-0.1, -0.05) is 36.4 Å². The van der Waals surface area contributed by atoms with Gasteiger partial charge < -0.3 is 20.3 Å². The summed E-state index contributed by atoms with van der Waals surface area (Å²) in [5, 5.41) is 5.56. The van der Waals surface area contributed by atoms with E-state index < -0.39 is 0 Å². The summed E-state index contributed by atoms with van der Waals surface area (Å²) in [6, 6.07) is 23.4. The van der Waals surface area contributed by atoms with Gasteiger partial charge >= 0.3 is 6.03 Å². The SMILES string of the molecule is CN(C)C(=O)Cc1cc(NC(=O)Nc2ccccc2)ccc1Oc1ccccc1. The quantitative estimate of drug-likeness (QED) is 0.639. The van der Waals surface area contributed by atoms with Gasteiger partial charge in [-0.3, -0.25) is 4.79 Å². The molecule has 0 bridgehead atoms. The van der Waals surface area contributed by atoms with E-state index in [0.29, 0.717) is 28.4 Å². The Labute approximate surface area is 170 Å². The van der Waals surface area contributed by atoms with E-state index in [9.17, 15) is 9.59 Å². The van der Waals surface area contributed by atoms with Crippen molar-refractivity contribution in [1.82, 2.24) is 4.90 Å². The molecule has 0 aromatic heterocycles. The van der Waals surface area contributed by atoms with Crippen molar-refractivity contribution in [3.05, 3.63) is 84.4 Å². The van der Waals surface area contributed by atoms with Crippen molar-refractivity contribution in [3.8, 4) is 11.5 Å². The van der Waals surface area contributed by atoms with Crippen molar-refractivity contribution in [3.63, 3.8) is 0 Å².